The lowest BCUT2D eigenvalue weighted by Crippen LogP contribution is -2.28. The van der Waals surface area contributed by atoms with Crippen LogP contribution < -0.4 is 16.0 Å². The number of nitrogens with one attached hydrogen (secondary N) is 1. The third-order valence-corrected chi connectivity index (χ3v) is 2.88. The second-order valence-electron chi connectivity index (χ2n) is 4.04. The number of nitrogens with zero attached hydrogens (tertiary/aromatic N) is 1. The van der Waals surface area contributed by atoms with Gasteiger partial charge in [-0.15, -0.1) is 0 Å². The fourth-order valence-electron chi connectivity index (χ4n) is 1.56. The van der Waals surface area contributed by atoms with Crippen molar-refractivity contribution in [1.29, 1.82) is 0 Å². The molecule has 1 rings (SSSR count). The molecular weight excluding hydrogens is 246 g/mol. The molecule has 0 heterocycles. The van der Waals surface area contributed by atoms with Crippen molar-refractivity contribution in [3.63, 3.8) is 0 Å². The van der Waals surface area contributed by atoms with Gasteiger partial charge in [-0.25, -0.2) is 0 Å². The van der Waals surface area contributed by atoms with Gasteiger partial charge < -0.3 is 16.0 Å². The van der Waals surface area contributed by atoms with E-state index in [1.165, 1.54) is 0 Å². The summed E-state index contributed by atoms with van der Waals surface area (Å²) in [6.45, 7) is 3.26. The summed E-state index contributed by atoms with van der Waals surface area (Å²) in [6.07, 6.45) is 0.487. The molecule has 0 fully saturated rings. The Bertz CT molecular complexity index is 417. The first-order valence-corrected chi connectivity index (χ1v) is 6.33. The molecule has 3 N–H and O–H groups in total. The van der Waals surface area contributed by atoms with Crippen molar-refractivity contribution in [2.75, 3.05) is 25.0 Å². The van der Waals surface area contributed by atoms with Crippen LogP contribution in [0.15, 0.2) is 24.3 Å². The molecule has 0 aromatic heterocycles. The minimum Gasteiger partial charge on any atom is -0.389 e. The van der Waals surface area contributed by atoms with Crippen LogP contribution in [0.5, 0.6) is 0 Å². The van der Waals surface area contributed by atoms with Crippen LogP contribution in [-0.2, 0) is 4.79 Å². The molecule has 0 aliphatic heterocycles. The molecule has 0 aliphatic carbocycles. The smallest absolute Gasteiger partial charge is 0.221 e. The van der Waals surface area contributed by atoms with Crippen LogP contribution in [0.25, 0.3) is 0 Å². The Morgan fingerprint density at radius 2 is 2.00 bits per heavy atom. The van der Waals surface area contributed by atoms with Gasteiger partial charge in [0.15, 0.2) is 0 Å². The summed E-state index contributed by atoms with van der Waals surface area (Å²) in [7, 11) is 1.95. The van der Waals surface area contributed by atoms with E-state index in [1.54, 1.807) is 0 Å². The van der Waals surface area contributed by atoms with E-state index in [2.05, 4.69) is 5.32 Å². The number of thiocarbonyl (C=S) groups is 1. The number of carbonyl (C=O) groups is 1. The number of carbonyl (C=O) groups excluding carboxylic acids is 1. The van der Waals surface area contributed by atoms with Crippen molar-refractivity contribution in [1.82, 2.24) is 5.32 Å². The Morgan fingerprint density at radius 3 is 2.50 bits per heavy atom. The molecule has 0 bridgehead atoms. The maximum atomic E-state index is 11.4. The zero-order chi connectivity index (χ0) is 13.5. The number of benzene rings is 1. The Labute approximate surface area is 113 Å². The number of amides is 1. The molecular formula is C13H19N3OS. The largest absolute Gasteiger partial charge is 0.389 e. The molecule has 0 spiro atoms. The normalized spacial score (nSPS) is 9.89. The molecule has 98 valence electrons. The van der Waals surface area contributed by atoms with E-state index >= 15 is 0 Å². The van der Waals surface area contributed by atoms with E-state index in [0.717, 1.165) is 11.3 Å². The van der Waals surface area contributed by atoms with Gasteiger partial charge >= 0.3 is 0 Å². The number of rotatable bonds is 6. The highest BCUT2D eigenvalue weighted by molar-refractivity contribution is 7.80. The maximum Gasteiger partial charge on any atom is 0.221 e. The first-order valence-electron chi connectivity index (χ1n) is 5.92. The average Bonchev–Trinajstić information content (AvgIpc) is 2.36. The first kappa shape index (κ1) is 14.4. The van der Waals surface area contributed by atoms with E-state index in [4.69, 9.17) is 18.0 Å². The second kappa shape index (κ2) is 6.96. The van der Waals surface area contributed by atoms with Crippen molar-refractivity contribution < 1.29 is 4.79 Å². The van der Waals surface area contributed by atoms with Crippen molar-refractivity contribution in [2.24, 2.45) is 5.73 Å². The zero-order valence-electron chi connectivity index (χ0n) is 10.8. The number of nitrogens with two attached hydrogens (primary N) is 1. The molecule has 0 aliphatic rings. The van der Waals surface area contributed by atoms with Crippen LogP contribution in [0.1, 0.15) is 18.9 Å². The van der Waals surface area contributed by atoms with Crippen molar-refractivity contribution >= 4 is 28.8 Å². The van der Waals surface area contributed by atoms with Crippen molar-refractivity contribution in [3.05, 3.63) is 29.8 Å². The number of anilines is 1. The molecule has 0 atom stereocenters. The fourth-order valence-corrected chi connectivity index (χ4v) is 1.70. The minimum atomic E-state index is 0.0732. The molecule has 1 aromatic rings. The number of hydrogen-bond donors (Lipinski definition) is 2. The van der Waals surface area contributed by atoms with E-state index in [9.17, 15) is 4.79 Å². The lowest BCUT2D eigenvalue weighted by Gasteiger charge is -2.19. The Morgan fingerprint density at radius 1 is 1.39 bits per heavy atom. The Hall–Kier alpha value is -1.62. The van der Waals surface area contributed by atoms with Gasteiger partial charge in [0.25, 0.3) is 0 Å². The summed E-state index contributed by atoms with van der Waals surface area (Å²) in [6, 6.07) is 7.68. The van der Waals surface area contributed by atoms with Crippen molar-refractivity contribution in [2.45, 2.75) is 13.3 Å². The van der Waals surface area contributed by atoms with Gasteiger partial charge in [0.2, 0.25) is 5.91 Å². The SMILES string of the molecule is CCNC(=O)CCN(C)c1ccc(C(N)=S)cc1. The van der Waals surface area contributed by atoms with Crippen LogP contribution >= 0.6 is 12.2 Å². The quantitative estimate of drug-likeness (QED) is 0.761. The molecule has 5 heteroatoms. The highest BCUT2D eigenvalue weighted by Gasteiger charge is 2.05. The summed E-state index contributed by atoms with van der Waals surface area (Å²) in [5.41, 5.74) is 7.43. The summed E-state index contributed by atoms with van der Waals surface area (Å²) in [5, 5.41) is 2.78. The minimum absolute atomic E-state index is 0.0732. The average molecular weight is 265 g/mol. The van der Waals surface area contributed by atoms with Gasteiger partial charge in [0.05, 0.1) is 0 Å². The Balaban J connectivity index is 2.53. The van der Waals surface area contributed by atoms with E-state index < -0.39 is 0 Å². The molecule has 0 saturated heterocycles. The van der Waals surface area contributed by atoms with E-state index in [0.29, 0.717) is 24.5 Å². The van der Waals surface area contributed by atoms with E-state index in [1.807, 2.05) is 43.1 Å². The highest BCUT2D eigenvalue weighted by atomic mass is 32.1. The van der Waals surface area contributed by atoms with Crippen LogP contribution in [-0.4, -0.2) is 31.0 Å². The van der Waals surface area contributed by atoms with Gasteiger partial charge in [0.1, 0.15) is 4.99 Å². The summed E-state index contributed by atoms with van der Waals surface area (Å²) >= 11 is 4.90. The molecule has 1 amide bonds. The lowest BCUT2D eigenvalue weighted by molar-refractivity contribution is -0.120. The molecule has 0 unspecified atom stereocenters. The van der Waals surface area contributed by atoms with Gasteiger partial charge in [-0.3, -0.25) is 4.79 Å². The molecule has 1 aromatic carbocycles. The molecule has 18 heavy (non-hydrogen) atoms. The molecule has 0 saturated carbocycles. The van der Waals surface area contributed by atoms with Gasteiger partial charge in [0, 0.05) is 37.8 Å². The van der Waals surface area contributed by atoms with Crippen molar-refractivity contribution in [3.8, 4) is 0 Å². The summed E-state index contributed by atoms with van der Waals surface area (Å²) in [5.74, 6) is 0.0732. The third-order valence-electron chi connectivity index (χ3n) is 2.64. The summed E-state index contributed by atoms with van der Waals surface area (Å²) < 4.78 is 0. The third kappa shape index (κ3) is 4.33. The van der Waals surface area contributed by atoms with Crippen LogP contribution in [0, 0.1) is 0 Å². The summed E-state index contributed by atoms with van der Waals surface area (Å²) in [4.78, 5) is 13.8. The molecule has 0 radical (unpaired) electrons. The maximum absolute atomic E-state index is 11.4. The standard InChI is InChI=1S/C13H19N3OS/c1-3-15-12(17)8-9-16(2)11-6-4-10(5-7-11)13(14)18/h4-7H,3,8-9H2,1-2H3,(H2,14,18)(H,15,17). The van der Waals surface area contributed by atoms with Gasteiger partial charge in [-0.1, -0.05) is 12.2 Å². The van der Waals surface area contributed by atoms with Crippen LogP contribution in [0.2, 0.25) is 0 Å². The van der Waals surface area contributed by atoms with Gasteiger partial charge in [-0.2, -0.15) is 0 Å². The molecule has 4 nitrogen and oxygen atoms in total. The second-order valence-corrected chi connectivity index (χ2v) is 4.48. The Kier molecular flexibility index (Phi) is 5.58. The zero-order valence-corrected chi connectivity index (χ0v) is 11.6. The topological polar surface area (TPSA) is 58.4 Å². The monoisotopic (exact) mass is 265 g/mol. The first-order chi connectivity index (χ1) is 8.54. The van der Waals surface area contributed by atoms with Crippen LogP contribution in [0.3, 0.4) is 0 Å². The fraction of sp³-hybridized carbons (Fsp3) is 0.385. The number of hydrogen-bond acceptors (Lipinski definition) is 3. The highest BCUT2D eigenvalue weighted by Crippen LogP contribution is 2.13. The lowest BCUT2D eigenvalue weighted by atomic mass is 10.2. The predicted molar refractivity (Wildman–Crippen MR) is 78.9 cm³/mol. The van der Waals surface area contributed by atoms with Crippen LogP contribution in [0.4, 0.5) is 5.69 Å². The predicted octanol–water partition coefficient (Wildman–Crippen LogP) is 1.28. The van der Waals surface area contributed by atoms with Gasteiger partial charge in [-0.05, 0) is 31.2 Å². The van der Waals surface area contributed by atoms with E-state index in [-0.39, 0.29) is 5.91 Å².